The molecular formula is C22H25ClN2O3. The predicted molar refractivity (Wildman–Crippen MR) is 111 cm³/mol. The lowest BCUT2D eigenvalue weighted by Gasteiger charge is -2.20. The maximum Gasteiger partial charge on any atom is 0.262 e. The third-order valence-electron chi connectivity index (χ3n) is 4.78. The third-order valence-corrected chi connectivity index (χ3v) is 5.02. The minimum Gasteiger partial charge on any atom is -0.483 e. The highest BCUT2D eigenvalue weighted by atomic mass is 35.5. The van der Waals surface area contributed by atoms with Crippen LogP contribution < -0.4 is 10.1 Å². The Morgan fingerprint density at radius 2 is 1.82 bits per heavy atom. The zero-order valence-corrected chi connectivity index (χ0v) is 16.8. The molecule has 2 aromatic carbocycles. The zero-order chi connectivity index (χ0) is 19.9. The number of carbonyl (C=O) groups is 2. The molecule has 0 saturated carbocycles. The Bertz CT molecular complexity index is 845. The first-order chi connectivity index (χ1) is 13.5. The summed E-state index contributed by atoms with van der Waals surface area (Å²) in [4.78, 5) is 26.9. The highest BCUT2D eigenvalue weighted by molar-refractivity contribution is 6.30. The fourth-order valence-corrected chi connectivity index (χ4v) is 3.53. The van der Waals surface area contributed by atoms with Crippen LogP contribution in [0, 0.1) is 6.92 Å². The van der Waals surface area contributed by atoms with Crippen LogP contribution in [0.3, 0.4) is 0 Å². The summed E-state index contributed by atoms with van der Waals surface area (Å²) in [6, 6.07) is 12.3. The van der Waals surface area contributed by atoms with Gasteiger partial charge in [0.25, 0.3) is 11.8 Å². The average Bonchev–Trinajstić information content (AvgIpc) is 2.96. The number of carbonyl (C=O) groups excluding carboxylic acids is 2. The molecule has 1 aliphatic heterocycles. The van der Waals surface area contributed by atoms with Crippen molar-refractivity contribution in [3.63, 3.8) is 0 Å². The SMILES string of the molecule is Cc1cc(Cl)ccc1OCC(=O)Nc1cccc(C(=O)N2CCCCCC2)c1. The van der Waals surface area contributed by atoms with E-state index in [2.05, 4.69) is 5.32 Å². The molecule has 1 heterocycles. The number of likely N-dealkylation sites (tertiary alicyclic amines) is 1. The van der Waals surface area contributed by atoms with Gasteiger partial charge in [-0.15, -0.1) is 0 Å². The maximum atomic E-state index is 12.7. The van der Waals surface area contributed by atoms with E-state index in [1.807, 2.05) is 11.8 Å². The van der Waals surface area contributed by atoms with E-state index < -0.39 is 0 Å². The molecule has 148 valence electrons. The van der Waals surface area contributed by atoms with Gasteiger partial charge in [0.15, 0.2) is 6.61 Å². The van der Waals surface area contributed by atoms with E-state index >= 15 is 0 Å². The number of anilines is 1. The number of nitrogens with zero attached hydrogens (tertiary/aromatic N) is 1. The molecule has 0 atom stereocenters. The lowest BCUT2D eigenvalue weighted by atomic mass is 10.1. The van der Waals surface area contributed by atoms with Crippen molar-refractivity contribution in [2.45, 2.75) is 32.6 Å². The number of nitrogens with one attached hydrogen (secondary N) is 1. The Hall–Kier alpha value is -2.53. The van der Waals surface area contributed by atoms with Crippen molar-refractivity contribution in [1.82, 2.24) is 4.90 Å². The molecule has 1 N–H and O–H groups in total. The molecule has 1 saturated heterocycles. The number of halogens is 1. The number of amides is 2. The van der Waals surface area contributed by atoms with Gasteiger partial charge in [-0.3, -0.25) is 9.59 Å². The maximum absolute atomic E-state index is 12.7. The molecular weight excluding hydrogens is 376 g/mol. The molecule has 0 unspecified atom stereocenters. The number of hydrogen-bond acceptors (Lipinski definition) is 3. The number of hydrogen-bond donors (Lipinski definition) is 1. The lowest BCUT2D eigenvalue weighted by Crippen LogP contribution is -2.31. The summed E-state index contributed by atoms with van der Waals surface area (Å²) in [5, 5.41) is 3.42. The Balaban J connectivity index is 1.58. The first kappa shape index (κ1) is 20.2. The van der Waals surface area contributed by atoms with Crippen LogP contribution in [0.15, 0.2) is 42.5 Å². The van der Waals surface area contributed by atoms with Crippen LogP contribution in [-0.2, 0) is 4.79 Å². The van der Waals surface area contributed by atoms with Crippen LogP contribution >= 0.6 is 11.6 Å². The molecule has 0 aliphatic carbocycles. The fourth-order valence-electron chi connectivity index (χ4n) is 3.30. The summed E-state index contributed by atoms with van der Waals surface area (Å²) in [6.07, 6.45) is 4.44. The normalized spacial score (nSPS) is 14.3. The van der Waals surface area contributed by atoms with E-state index in [4.69, 9.17) is 16.3 Å². The van der Waals surface area contributed by atoms with Gasteiger partial charge in [0.1, 0.15) is 5.75 Å². The smallest absolute Gasteiger partial charge is 0.262 e. The Labute approximate surface area is 170 Å². The molecule has 2 aromatic rings. The van der Waals surface area contributed by atoms with Gasteiger partial charge in [0, 0.05) is 29.4 Å². The van der Waals surface area contributed by atoms with Crippen molar-refractivity contribution in [2.75, 3.05) is 25.0 Å². The van der Waals surface area contributed by atoms with E-state index in [9.17, 15) is 9.59 Å². The largest absolute Gasteiger partial charge is 0.483 e. The first-order valence-corrected chi connectivity index (χ1v) is 9.99. The van der Waals surface area contributed by atoms with Gasteiger partial charge in [-0.1, -0.05) is 30.5 Å². The van der Waals surface area contributed by atoms with Crippen LogP contribution in [-0.4, -0.2) is 36.4 Å². The minimum atomic E-state index is -0.284. The van der Waals surface area contributed by atoms with Gasteiger partial charge in [0.05, 0.1) is 0 Å². The summed E-state index contributed by atoms with van der Waals surface area (Å²) in [6.45, 7) is 3.34. The zero-order valence-electron chi connectivity index (χ0n) is 16.0. The van der Waals surface area contributed by atoms with Gasteiger partial charge < -0.3 is 15.0 Å². The second kappa shape index (κ2) is 9.60. The molecule has 0 radical (unpaired) electrons. The molecule has 1 fully saturated rings. The summed E-state index contributed by atoms with van der Waals surface area (Å²) in [7, 11) is 0. The third kappa shape index (κ3) is 5.49. The number of ether oxygens (including phenoxy) is 1. The summed E-state index contributed by atoms with van der Waals surface area (Å²) in [5.74, 6) is 0.351. The second-order valence-corrected chi connectivity index (χ2v) is 7.47. The standard InChI is InChI=1S/C22H25ClN2O3/c1-16-13-18(23)9-10-20(16)28-15-21(26)24-19-8-6-7-17(14-19)22(27)25-11-4-2-3-5-12-25/h6-10,13-14H,2-5,11-12,15H2,1H3,(H,24,26). The average molecular weight is 401 g/mol. The first-order valence-electron chi connectivity index (χ1n) is 9.61. The van der Waals surface area contributed by atoms with Gasteiger partial charge in [-0.2, -0.15) is 0 Å². The highest BCUT2D eigenvalue weighted by Gasteiger charge is 2.17. The van der Waals surface area contributed by atoms with Crippen molar-refractivity contribution in [1.29, 1.82) is 0 Å². The molecule has 0 aromatic heterocycles. The molecule has 28 heavy (non-hydrogen) atoms. The van der Waals surface area contributed by atoms with Crippen molar-refractivity contribution in [2.24, 2.45) is 0 Å². The van der Waals surface area contributed by atoms with Gasteiger partial charge in [0.2, 0.25) is 0 Å². The fraction of sp³-hybridized carbons (Fsp3) is 0.364. The molecule has 1 aliphatic rings. The molecule has 0 bridgehead atoms. The van der Waals surface area contributed by atoms with Crippen molar-refractivity contribution < 1.29 is 14.3 Å². The van der Waals surface area contributed by atoms with E-state index in [1.54, 1.807) is 42.5 Å². The van der Waals surface area contributed by atoms with Crippen molar-refractivity contribution in [3.05, 3.63) is 58.6 Å². The molecule has 0 spiro atoms. The van der Waals surface area contributed by atoms with Crippen LogP contribution in [0.2, 0.25) is 5.02 Å². The number of rotatable bonds is 5. The Morgan fingerprint density at radius 1 is 1.07 bits per heavy atom. The number of benzene rings is 2. The van der Waals surface area contributed by atoms with E-state index in [0.29, 0.717) is 22.0 Å². The van der Waals surface area contributed by atoms with E-state index in [-0.39, 0.29) is 18.4 Å². The second-order valence-electron chi connectivity index (χ2n) is 7.03. The Kier molecular flexibility index (Phi) is 6.93. The monoisotopic (exact) mass is 400 g/mol. The Morgan fingerprint density at radius 3 is 2.54 bits per heavy atom. The van der Waals surface area contributed by atoms with Gasteiger partial charge in [-0.05, 0) is 61.7 Å². The molecule has 5 nitrogen and oxygen atoms in total. The highest BCUT2D eigenvalue weighted by Crippen LogP contribution is 2.22. The van der Waals surface area contributed by atoms with Crippen LogP contribution in [0.4, 0.5) is 5.69 Å². The van der Waals surface area contributed by atoms with Gasteiger partial charge in [-0.25, -0.2) is 0 Å². The summed E-state index contributed by atoms with van der Waals surface area (Å²) >= 11 is 5.93. The number of aryl methyl sites for hydroxylation is 1. The van der Waals surface area contributed by atoms with Crippen molar-refractivity contribution in [3.8, 4) is 5.75 Å². The van der Waals surface area contributed by atoms with E-state index in [1.165, 1.54) is 12.8 Å². The quantitative estimate of drug-likeness (QED) is 0.792. The van der Waals surface area contributed by atoms with Crippen molar-refractivity contribution >= 4 is 29.1 Å². The lowest BCUT2D eigenvalue weighted by molar-refractivity contribution is -0.118. The summed E-state index contributed by atoms with van der Waals surface area (Å²) in [5.41, 5.74) is 2.04. The predicted octanol–water partition coefficient (Wildman–Crippen LogP) is 4.68. The van der Waals surface area contributed by atoms with Crippen LogP contribution in [0.1, 0.15) is 41.6 Å². The van der Waals surface area contributed by atoms with E-state index in [0.717, 1.165) is 31.5 Å². The summed E-state index contributed by atoms with van der Waals surface area (Å²) < 4.78 is 5.57. The van der Waals surface area contributed by atoms with Gasteiger partial charge >= 0.3 is 0 Å². The molecule has 6 heteroatoms. The van der Waals surface area contributed by atoms with Crippen LogP contribution in [0.25, 0.3) is 0 Å². The van der Waals surface area contributed by atoms with Crippen LogP contribution in [0.5, 0.6) is 5.75 Å². The molecule has 3 rings (SSSR count). The topological polar surface area (TPSA) is 58.6 Å². The molecule has 2 amide bonds. The minimum absolute atomic E-state index is 0.0195.